The molecule has 0 radical (unpaired) electrons. The van der Waals surface area contributed by atoms with Crippen molar-refractivity contribution in [2.75, 3.05) is 13.2 Å². The first-order valence-corrected chi connectivity index (χ1v) is 19.8. The zero-order valence-electron chi connectivity index (χ0n) is 35.3. The number of guanidine groups is 2. The fourth-order valence-electron chi connectivity index (χ4n) is 6.84. The maximum absolute atomic E-state index is 13.0. The third-order valence-corrected chi connectivity index (χ3v) is 9.75. The summed E-state index contributed by atoms with van der Waals surface area (Å²) in [4.78, 5) is 81.9. The van der Waals surface area contributed by atoms with E-state index in [1.165, 1.54) is 0 Å². The number of alkyl carbamates (subject to hydrolysis) is 2. The number of aliphatic hydroxyl groups excluding tert-OH is 4. The van der Waals surface area contributed by atoms with Crippen LogP contribution in [0.4, 0.5) is 9.59 Å². The van der Waals surface area contributed by atoms with Crippen LogP contribution in [0.5, 0.6) is 0 Å². The van der Waals surface area contributed by atoms with Crippen molar-refractivity contribution in [1.29, 1.82) is 0 Å². The molecular weight excluding hydrogens is 876 g/mol. The Hall–Kier alpha value is -7.68. The molecule has 4 rings (SSSR count). The van der Waals surface area contributed by atoms with Crippen LogP contribution >= 0.6 is 0 Å². The van der Waals surface area contributed by atoms with Gasteiger partial charge in [0.15, 0.2) is 36.3 Å². The van der Waals surface area contributed by atoms with E-state index in [1.807, 2.05) is 0 Å². The fraction of sp³-hybridized carbons (Fsp3) is 0.400. The highest BCUT2D eigenvalue weighted by atomic mass is 16.6. The van der Waals surface area contributed by atoms with Gasteiger partial charge in [-0.05, 0) is 34.4 Å². The number of carbonyl (C=O) groups is 6. The van der Waals surface area contributed by atoms with Crippen LogP contribution in [0.15, 0.2) is 82.2 Å². The van der Waals surface area contributed by atoms with E-state index in [0.717, 1.165) is 37.1 Å². The van der Waals surface area contributed by atoms with Gasteiger partial charge in [-0.15, -0.1) is 0 Å². The maximum atomic E-state index is 13.0. The number of carboxylic acids is 2. The summed E-state index contributed by atoms with van der Waals surface area (Å²) >= 11 is 0. The number of amides is 4. The SMILES string of the molecule is CC(=O)N[C@@H]1[C@@H](N=C(N)N)C=C(C(=O)O)O[C@H]1C(OC(=O)NCc1ccc(-c2ccc(CNC(=O)O[C@@H]([C@@H]3OC(C(=O)O)=C[C@H](N=C(N)N)[C@H]3NC(C)=O)[C@H](O)CO)cc2)cc1)[C@H](O)CO. The number of benzene rings is 2. The fourth-order valence-corrected chi connectivity index (χ4v) is 6.84. The molecule has 18 N–H and O–H groups in total. The highest BCUT2D eigenvalue weighted by Crippen LogP contribution is 2.29. The van der Waals surface area contributed by atoms with Crippen LogP contribution in [-0.2, 0) is 51.2 Å². The molecule has 0 saturated carbocycles. The van der Waals surface area contributed by atoms with Crippen molar-refractivity contribution >= 4 is 47.9 Å². The normalized spacial score (nSPS) is 21.7. The molecule has 2 aliphatic rings. The first-order chi connectivity index (χ1) is 31.2. The summed E-state index contributed by atoms with van der Waals surface area (Å²) in [6.07, 6.45) is -10.4. The number of rotatable bonds is 19. The molecular formula is C40H52N10O16. The standard InChI is InChI=1S/C40H52N10O16/c1-17(53)47-29-23(49-37(41)42)11-27(35(57)58)63-33(29)31(25(55)15-51)65-39(61)45-13-19-3-7-21(8-4-19)22-9-5-20(6-10-22)14-46-40(62)66-32(26(56)16-52)34-30(48-18(2)54)24(50-38(43)44)12-28(64-34)36(59)60/h3-12,23-26,29-34,51-52,55-56H,13-16H2,1-2H3,(H,45,61)(H,46,62)(H,47,53)(H,48,54)(H,57,58)(H,59,60)(H4,41,42,49)(H4,43,44,50)/t23-,24-,25+,26+,29+,30+,31+,32?,33+,34+/m0/s1. The Labute approximate surface area is 375 Å². The zero-order chi connectivity index (χ0) is 48.8. The van der Waals surface area contributed by atoms with Gasteiger partial charge in [0.1, 0.15) is 12.2 Å². The Bertz CT molecular complexity index is 2040. The molecule has 358 valence electrons. The molecule has 0 fully saturated rings. The number of nitrogens with zero attached hydrogens (tertiary/aromatic N) is 2. The van der Waals surface area contributed by atoms with E-state index in [1.54, 1.807) is 48.5 Å². The number of carbonyl (C=O) groups excluding carboxylic acids is 4. The van der Waals surface area contributed by atoms with Crippen molar-refractivity contribution in [2.45, 2.75) is 87.7 Å². The molecule has 26 heteroatoms. The first kappa shape index (κ1) is 51.0. The number of hydrogen-bond donors (Lipinski definition) is 14. The summed E-state index contributed by atoms with van der Waals surface area (Å²) in [5.74, 6) is -6.61. The van der Waals surface area contributed by atoms with Gasteiger partial charge in [0.05, 0.1) is 37.4 Å². The van der Waals surface area contributed by atoms with Gasteiger partial charge in [-0.3, -0.25) is 9.59 Å². The van der Waals surface area contributed by atoms with Crippen LogP contribution in [0.25, 0.3) is 11.1 Å². The van der Waals surface area contributed by atoms with Gasteiger partial charge in [-0.25, -0.2) is 29.2 Å². The number of hydrogen-bond acceptors (Lipinski definition) is 16. The summed E-state index contributed by atoms with van der Waals surface area (Å²) in [5, 5.41) is 70.2. The minimum atomic E-state index is -1.81. The Balaban J connectivity index is 1.39. The third-order valence-electron chi connectivity index (χ3n) is 9.75. The van der Waals surface area contributed by atoms with E-state index in [0.29, 0.717) is 11.1 Å². The highest BCUT2D eigenvalue weighted by Gasteiger charge is 2.48. The molecule has 0 aliphatic carbocycles. The van der Waals surface area contributed by atoms with Crippen molar-refractivity contribution in [3.05, 3.63) is 83.3 Å². The lowest BCUT2D eigenvalue weighted by molar-refractivity contribution is -0.147. The molecule has 4 amide bonds. The zero-order valence-corrected chi connectivity index (χ0v) is 35.3. The minimum Gasteiger partial charge on any atom is -0.477 e. The molecule has 2 heterocycles. The van der Waals surface area contributed by atoms with E-state index in [4.69, 9.17) is 41.9 Å². The number of nitrogens with two attached hydrogens (primary N) is 4. The average Bonchev–Trinajstić information content (AvgIpc) is 3.26. The predicted octanol–water partition coefficient (Wildman–Crippen LogP) is -3.72. The average molecular weight is 929 g/mol. The van der Waals surface area contributed by atoms with E-state index in [-0.39, 0.29) is 13.1 Å². The molecule has 2 aromatic rings. The Morgan fingerprint density at radius 2 is 0.955 bits per heavy atom. The van der Waals surface area contributed by atoms with Crippen LogP contribution in [0, 0.1) is 0 Å². The predicted molar refractivity (Wildman–Crippen MR) is 228 cm³/mol. The van der Waals surface area contributed by atoms with Gasteiger partial charge in [-0.1, -0.05) is 48.5 Å². The summed E-state index contributed by atoms with van der Waals surface area (Å²) in [7, 11) is 0. The van der Waals surface area contributed by atoms with Gasteiger partial charge in [0.25, 0.3) is 0 Å². The Morgan fingerprint density at radius 1 is 0.621 bits per heavy atom. The van der Waals surface area contributed by atoms with E-state index in [2.05, 4.69) is 31.3 Å². The van der Waals surface area contributed by atoms with E-state index < -0.39 is 133 Å². The lowest BCUT2D eigenvalue weighted by Gasteiger charge is -2.39. The van der Waals surface area contributed by atoms with Crippen molar-refractivity contribution in [2.24, 2.45) is 32.9 Å². The molecule has 66 heavy (non-hydrogen) atoms. The molecule has 0 saturated heterocycles. The monoisotopic (exact) mass is 928 g/mol. The first-order valence-electron chi connectivity index (χ1n) is 19.8. The smallest absolute Gasteiger partial charge is 0.407 e. The quantitative estimate of drug-likeness (QED) is 0.0476. The van der Waals surface area contributed by atoms with Gasteiger partial charge < -0.3 is 93.8 Å². The molecule has 0 spiro atoms. The van der Waals surface area contributed by atoms with Gasteiger partial charge >= 0.3 is 24.1 Å². The molecule has 10 atom stereocenters. The second-order valence-corrected chi connectivity index (χ2v) is 14.7. The van der Waals surface area contributed by atoms with Crippen LogP contribution in [0.3, 0.4) is 0 Å². The lowest BCUT2D eigenvalue weighted by Crippen LogP contribution is -2.61. The second kappa shape index (κ2) is 23.3. The Morgan fingerprint density at radius 3 is 1.23 bits per heavy atom. The number of nitrogens with one attached hydrogen (secondary N) is 4. The van der Waals surface area contributed by atoms with Crippen LogP contribution in [0.1, 0.15) is 25.0 Å². The van der Waals surface area contributed by atoms with E-state index in [9.17, 15) is 59.4 Å². The number of aliphatic imine (C=N–C) groups is 2. The second-order valence-electron chi connectivity index (χ2n) is 14.7. The molecule has 1 unspecified atom stereocenters. The number of aliphatic hydroxyl groups is 4. The van der Waals surface area contributed by atoms with Crippen LogP contribution < -0.4 is 44.2 Å². The van der Waals surface area contributed by atoms with Crippen molar-refractivity contribution in [3.63, 3.8) is 0 Å². The van der Waals surface area contributed by atoms with E-state index >= 15 is 0 Å². The van der Waals surface area contributed by atoms with Crippen molar-refractivity contribution in [3.8, 4) is 11.1 Å². The van der Waals surface area contributed by atoms with Crippen molar-refractivity contribution in [1.82, 2.24) is 21.3 Å². The molecule has 0 bridgehead atoms. The molecule has 2 aliphatic heterocycles. The van der Waals surface area contributed by atoms with Gasteiger partial charge in [0.2, 0.25) is 23.3 Å². The summed E-state index contributed by atoms with van der Waals surface area (Å²) in [6.45, 7) is 0.200. The lowest BCUT2D eigenvalue weighted by atomic mass is 9.92. The van der Waals surface area contributed by atoms with Crippen LogP contribution in [0.2, 0.25) is 0 Å². The highest BCUT2D eigenvalue weighted by molar-refractivity contribution is 5.86. The molecule has 0 aromatic heterocycles. The molecule has 26 nitrogen and oxygen atoms in total. The van der Waals surface area contributed by atoms with Gasteiger partial charge in [-0.2, -0.15) is 0 Å². The molecule has 2 aromatic carbocycles. The van der Waals surface area contributed by atoms with Crippen molar-refractivity contribution < 1.29 is 78.4 Å². The summed E-state index contributed by atoms with van der Waals surface area (Å²) in [5.41, 5.74) is 24.8. The van der Waals surface area contributed by atoms with Crippen LogP contribution in [-0.4, -0.2) is 153 Å². The van der Waals surface area contributed by atoms with Gasteiger partial charge in [0, 0.05) is 26.9 Å². The Kier molecular flexibility index (Phi) is 18.0. The third kappa shape index (κ3) is 14.2. The topological polar surface area (TPSA) is 438 Å². The summed E-state index contributed by atoms with van der Waals surface area (Å²) < 4.78 is 21.9. The number of carboxylic acid groups (broad SMARTS) is 2. The maximum Gasteiger partial charge on any atom is 0.407 e. The number of aliphatic carboxylic acids is 2. The summed E-state index contributed by atoms with van der Waals surface area (Å²) in [6, 6.07) is 8.79. The minimum absolute atomic E-state index is 0.0927. The number of ether oxygens (including phenoxy) is 4. The largest absolute Gasteiger partial charge is 0.477 e.